The number of thiophene rings is 2. The second kappa shape index (κ2) is 8.20. The fourth-order valence-electron chi connectivity index (χ4n) is 4.32. The van der Waals surface area contributed by atoms with Crippen LogP contribution in [0.4, 0.5) is 0 Å². The number of nitrogens with one attached hydrogen (secondary N) is 1. The molecule has 0 saturated heterocycles. The Kier molecular flexibility index (Phi) is 5.62. The molecule has 0 aromatic carbocycles. The smallest absolute Gasteiger partial charge is 0.336 e. The zero-order valence-corrected chi connectivity index (χ0v) is 18.4. The van der Waals surface area contributed by atoms with Crippen molar-refractivity contribution in [2.75, 3.05) is 14.2 Å². The normalized spacial score (nSPS) is 23.7. The zero-order chi connectivity index (χ0) is 21.4. The highest BCUT2D eigenvalue weighted by Gasteiger charge is 2.49. The lowest BCUT2D eigenvalue weighted by molar-refractivity contribution is -0.149. The number of rotatable bonds is 4. The summed E-state index contributed by atoms with van der Waals surface area (Å²) in [5.41, 5.74) is 2.26. The van der Waals surface area contributed by atoms with Crippen molar-refractivity contribution in [1.29, 1.82) is 0 Å². The molecule has 0 saturated carbocycles. The minimum absolute atomic E-state index is 0.304. The van der Waals surface area contributed by atoms with Crippen molar-refractivity contribution in [2.45, 2.75) is 25.2 Å². The topological polar surface area (TPSA) is 81.7 Å². The van der Waals surface area contributed by atoms with E-state index in [-0.39, 0.29) is 11.7 Å². The van der Waals surface area contributed by atoms with Crippen LogP contribution in [-0.4, -0.2) is 31.9 Å². The van der Waals surface area contributed by atoms with E-state index in [9.17, 15) is 14.4 Å². The van der Waals surface area contributed by atoms with Crippen molar-refractivity contribution >= 4 is 40.4 Å². The van der Waals surface area contributed by atoms with Crippen molar-refractivity contribution in [3.63, 3.8) is 0 Å². The first-order chi connectivity index (χ1) is 14.5. The summed E-state index contributed by atoms with van der Waals surface area (Å²) in [6, 6.07) is 7.62. The molecular weight excluding hydrogens is 422 g/mol. The van der Waals surface area contributed by atoms with Crippen LogP contribution in [0.25, 0.3) is 0 Å². The van der Waals surface area contributed by atoms with Gasteiger partial charge in [0, 0.05) is 32.6 Å². The molecule has 8 heteroatoms. The van der Waals surface area contributed by atoms with Gasteiger partial charge in [-0.1, -0.05) is 12.1 Å². The number of ether oxygens (including phenoxy) is 2. The van der Waals surface area contributed by atoms with Crippen LogP contribution in [-0.2, 0) is 23.9 Å². The number of carbonyl (C=O) groups is 3. The Morgan fingerprint density at radius 1 is 1.07 bits per heavy atom. The Morgan fingerprint density at radius 2 is 1.73 bits per heavy atom. The lowest BCUT2D eigenvalue weighted by Gasteiger charge is -2.38. The highest BCUT2D eigenvalue weighted by molar-refractivity contribution is 7.10. The molecule has 156 valence electrons. The Morgan fingerprint density at radius 3 is 2.30 bits per heavy atom. The molecule has 1 N–H and O–H groups in total. The van der Waals surface area contributed by atoms with Crippen molar-refractivity contribution in [3.05, 3.63) is 67.3 Å². The van der Waals surface area contributed by atoms with Gasteiger partial charge in [-0.05, 0) is 36.2 Å². The quantitative estimate of drug-likeness (QED) is 0.573. The molecule has 3 heterocycles. The van der Waals surface area contributed by atoms with E-state index < -0.39 is 23.8 Å². The lowest BCUT2D eigenvalue weighted by Crippen LogP contribution is -2.43. The first-order valence-electron chi connectivity index (χ1n) is 9.45. The third-order valence-corrected chi connectivity index (χ3v) is 7.56. The maximum Gasteiger partial charge on any atom is 0.336 e. The Hall–Kier alpha value is -2.71. The number of hydrogen-bond donors (Lipinski definition) is 1. The van der Waals surface area contributed by atoms with Crippen molar-refractivity contribution < 1.29 is 23.9 Å². The standard InChI is InChI=1S/C22H21NO5S2/c1-11-16(21(25)27-2)19(15-7-5-9-30-15)18-13(23-11)10-12(14-6-4-8-29-14)17(20(18)24)22(26)28-3/h4-9,12,17,19,23H,10H2,1-3H3/t12-,17+,19-/m0/s1. The summed E-state index contributed by atoms with van der Waals surface area (Å²) in [6.07, 6.45) is 0.481. The zero-order valence-electron chi connectivity index (χ0n) is 16.8. The van der Waals surface area contributed by atoms with Crippen LogP contribution in [0.15, 0.2) is 57.6 Å². The van der Waals surface area contributed by atoms with Crippen LogP contribution in [0, 0.1) is 5.92 Å². The molecule has 1 aliphatic carbocycles. The van der Waals surface area contributed by atoms with Crippen molar-refractivity contribution in [3.8, 4) is 0 Å². The molecule has 0 unspecified atom stereocenters. The number of hydrogen-bond acceptors (Lipinski definition) is 8. The Balaban J connectivity index is 1.88. The molecule has 0 amide bonds. The Labute approximate surface area is 182 Å². The molecule has 0 radical (unpaired) electrons. The third kappa shape index (κ3) is 3.30. The van der Waals surface area contributed by atoms with Gasteiger partial charge in [-0.25, -0.2) is 4.79 Å². The van der Waals surface area contributed by atoms with Crippen LogP contribution in [0.3, 0.4) is 0 Å². The van der Waals surface area contributed by atoms with Gasteiger partial charge in [0.1, 0.15) is 5.92 Å². The Bertz CT molecular complexity index is 1050. The molecule has 2 aromatic rings. The minimum Gasteiger partial charge on any atom is -0.468 e. The van der Waals surface area contributed by atoms with Gasteiger partial charge in [-0.15, -0.1) is 22.7 Å². The van der Waals surface area contributed by atoms with Gasteiger partial charge < -0.3 is 14.8 Å². The number of carbonyl (C=O) groups excluding carboxylic acids is 3. The largest absolute Gasteiger partial charge is 0.468 e. The number of ketones is 1. The van der Waals surface area contributed by atoms with E-state index in [4.69, 9.17) is 9.47 Å². The fourth-order valence-corrected chi connectivity index (χ4v) is 6.03. The molecule has 4 rings (SSSR count). The van der Waals surface area contributed by atoms with Gasteiger partial charge in [0.25, 0.3) is 0 Å². The number of dihydropyridines is 1. The second-order valence-corrected chi connectivity index (χ2v) is 9.15. The number of methoxy groups -OCH3 is 2. The number of allylic oxidation sites excluding steroid dienone is 3. The summed E-state index contributed by atoms with van der Waals surface area (Å²) in [5.74, 6) is -3.19. The summed E-state index contributed by atoms with van der Waals surface area (Å²) >= 11 is 2.98. The van der Waals surface area contributed by atoms with Gasteiger partial charge in [0.05, 0.1) is 25.7 Å². The van der Waals surface area contributed by atoms with E-state index in [1.54, 1.807) is 0 Å². The lowest BCUT2D eigenvalue weighted by atomic mass is 9.69. The van der Waals surface area contributed by atoms with Crippen LogP contribution in [0.2, 0.25) is 0 Å². The van der Waals surface area contributed by atoms with Crippen molar-refractivity contribution in [2.24, 2.45) is 5.92 Å². The summed E-state index contributed by atoms with van der Waals surface area (Å²) < 4.78 is 10.0. The fraction of sp³-hybridized carbons (Fsp3) is 0.318. The first kappa shape index (κ1) is 20.6. The first-order valence-corrected chi connectivity index (χ1v) is 11.2. The predicted molar refractivity (Wildman–Crippen MR) is 114 cm³/mol. The molecule has 0 spiro atoms. The van der Waals surface area contributed by atoms with Gasteiger partial charge >= 0.3 is 11.9 Å². The molecule has 3 atom stereocenters. The van der Waals surface area contributed by atoms with Crippen LogP contribution >= 0.6 is 22.7 Å². The number of Topliss-reactive ketones (excluding diaryl/α,β-unsaturated/α-hetero) is 1. The average Bonchev–Trinajstić information content (AvgIpc) is 3.45. The highest BCUT2D eigenvalue weighted by atomic mass is 32.1. The third-order valence-electron chi connectivity index (χ3n) is 5.62. The van der Waals surface area contributed by atoms with Crippen LogP contribution in [0.1, 0.15) is 34.9 Å². The van der Waals surface area contributed by atoms with Gasteiger partial charge in [-0.2, -0.15) is 0 Å². The van der Waals surface area contributed by atoms with E-state index in [0.717, 1.165) is 15.5 Å². The maximum absolute atomic E-state index is 13.8. The van der Waals surface area contributed by atoms with Crippen molar-refractivity contribution in [1.82, 2.24) is 5.32 Å². The number of esters is 2. The molecule has 1 aliphatic heterocycles. The summed E-state index contributed by atoms with van der Waals surface area (Å²) in [4.78, 5) is 40.9. The van der Waals surface area contributed by atoms with Crippen LogP contribution < -0.4 is 5.32 Å². The molecule has 30 heavy (non-hydrogen) atoms. The van der Waals surface area contributed by atoms with E-state index in [1.807, 2.05) is 41.9 Å². The summed E-state index contributed by atoms with van der Waals surface area (Å²) in [7, 11) is 2.62. The second-order valence-electron chi connectivity index (χ2n) is 7.19. The van der Waals surface area contributed by atoms with Gasteiger partial charge in [-0.3, -0.25) is 9.59 Å². The summed E-state index contributed by atoms with van der Waals surface area (Å²) in [5, 5.41) is 7.11. The minimum atomic E-state index is -0.950. The molecule has 2 aromatic heterocycles. The molecule has 2 aliphatic rings. The molecule has 0 fully saturated rings. The van der Waals surface area contributed by atoms with Gasteiger partial charge in [0.15, 0.2) is 5.78 Å². The monoisotopic (exact) mass is 443 g/mol. The van der Waals surface area contributed by atoms with Gasteiger partial charge in [0.2, 0.25) is 0 Å². The highest BCUT2D eigenvalue weighted by Crippen LogP contribution is 2.49. The molecule has 6 nitrogen and oxygen atoms in total. The maximum atomic E-state index is 13.8. The van der Waals surface area contributed by atoms with Crippen LogP contribution in [0.5, 0.6) is 0 Å². The van der Waals surface area contributed by atoms with E-state index >= 15 is 0 Å². The predicted octanol–water partition coefficient (Wildman–Crippen LogP) is 3.74. The molecule has 0 bridgehead atoms. The van der Waals surface area contributed by atoms with E-state index in [2.05, 4.69) is 5.32 Å². The van der Waals surface area contributed by atoms with E-state index in [0.29, 0.717) is 23.3 Å². The summed E-state index contributed by atoms with van der Waals surface area (Å²) in [6.45, 7) is 1.81. The molecular formula is C22H21NO5S2. The SMILES string of the molecule is COC(=O)C1=C(C)NC2=C(C(=O)[C@H](C(=O)OC)[C@H](c3cccs3)C2)[C@H]1c1cccs1. The van der Waals surface area contributed by atoms with E-state index in [1.165, 1.54) is 36.9 Å². The average molecular weight is 444 g/mol.